The van der Waals surface area contributed by atoms with Crippen molar-refractivity contribution in [2.75, 3.05) is 18.9 Å². The average Bonchev–Trinajstić information content (AvgIpc) is 2.47. The fourth-order valence-corrected chi connectivity index (χ4v) is 3.86. The van der Waals surface area contributed by atoms with Crippen LogP contribution in [-0.2, 0) is 14.8 Å². The maximum atomic E-state index is 12.2. The molecule has 3 N–H and O–H groups in total. The Labute approximate surface area is 130 Å². The van der Waals surface area contributed by atoms with Gasteiger partial charge in [-0.25, -0.2) is 13.1 Å². The fourth-order valence-electron chi connectivity index (χ4n) is 2.45. The molecule has 1 saturated carbocycles. The number of rotatable bonds is 6. The van der Waals surface area contributed by atoms with Crippen LogP contribution in [0.15, 0.2) is 23.1 Å². The van der Waals surface area contributed by atoms with Crippen LogP contribution in [0, 0.1) is 0 Å². The highest BCUT2D eigenvalue weighted by molar-refractivity contribution is 7.89. The van der Waals surface area contributed by atoms with Crippen molar-refractivity contribution in [3.05, 3.63) is 23.2 Å². The van der Waals surface area contributed by atoms with Crippen molar-refractivity contribution in [2.24, 2.45) is 0 Å². The molecule has 0 aromatic heterocycles. The topological polar surface area (TPSA) is 81.4 Å². The molecule has 21 heavy (non-hydrogen) atoms. The monoisotopic (exact) mass is 332 g/mol. The van der Waals surface area contributed by atoms with Crippen molar-refractivity contribution in [1.29, 1.82) is 0 Å². The minimum Gasteiger partial charge on any atom is -0.398 e. The van der Waals surface area contributed by atoms with Crippen LogP contribution in [0.1, 0.15) is 32.1 Å². The summed E-state index contributed by atoms with van der Waals surface area (Å²) in [6.45, 7) is 0.592. The van der Waals surface area contributed by atoms with E-state index in [1.807, 2.05) is 0 Å². The van der Waals surface area contributed by atoms with Crippen LogP contribution >= 0.6 is 11.6 Å². The van der Waals surface area contributed by atoms with Gasteiger partial charge in [-0.3, -0.25) is 0 Å². The van der Waals surface area contributed by atoms with Crippen LogP contribution in [-0.4, -0.2) is 27.7 Å². The number of sulfonamides is 1. The maximum Gasteiger partial charge on any atom is 0.242 e. The Bertz CT molecular complexity index is 572. The molecule has 1 aromatic carbocycles. The van der Waals surface area contributed by atoms with E-state index >= 15 is 0 Å². The Morgan fingerprint density at radius 1 is 1.29 bits per heavy atom. The normalized spacial score (nSPS) is 17.0. The molecule has 0 aliphatic heterocycles. The summed E-state index contributed by atoms with van der Waals surface area (Å²) in [6.07, 6.45) is 6.03. The summed E-state index contributed by atoms with van der Waals surface area (Å²) >= 11 is 5.81. The van der Waals surface area contributed by atoms with Crippen LogP contribution in [0.3, 0.4) is 0 Å². The highest BCUT2D eigenvalue weighted by Gasteiger charge is 2.18. The van der Waals surface area contributed by atoms with Gasteiger partial charge in [0.1, 0.15) is 4.90 Å². The van der Waals surface area contributed by atoms with E-state index in [-0.39, 0.29) is 23.2 Å². The van der Waals surface area contributed by atoms with E-state index in [2.05, 4.69) is 4.72 Å². The molecule has 1 aliphatic rings. The second-order valence-corrected chi connectivity index (χ2v) is 7.38. The molecule has 118 valence electrons. The molecule has 0 bridgehead atoms. The number of ether oxygens (including phenoxy) is 1. The predicted molar refractivity (Wildman–Crippen MR) is 83.9 cm³/mol. The molecule has 0 saturated heterocycles. The van der Waals surface area contributed by atoms with Gasteiger partial charge < -0.3 is 10.5 Å². The molecule has 0 radical (unpaired) electrons. The van der Waals surface area contributed by atoms with E-state index in [1.165, 1.54) is 31.4 Å². The molecular weight excluding hydrogens is 312 g/mol. The molecule has 2 rings (SSSR count). The first-order chi connectivity index (χ1) is 9.99. The molecule has 0 unspecified atom stereocenters. The molecular formula is C14H21ClN2O3S. The Hall–Kier alpha value is -0.820. The maximum absolute atomic E-state index is 12.2. The number of hydrogen-bond acceptors (Lipinski definition) is 4. The average molecular weight is 333 g/mol. The summed E-state index contributed by atoms with van der Waals surface area (Å²) in [4.78, 5) is 0.00710. The van der Waals surface area contributed by atoms with Crippen molar-refractivity contribution in [2.45, 2.75) is 43.1 Å². The molecule has 1 aromatic rings. The summed E-state index contributed by atoms with van der Waals surface area (Å²) in [5.74, 6) is 0. The van der Waals surface area contributed by atoms with Gasteiger partial charge in [0.15, 0.2) is 0 Å². The standard InChI is InChI=1S/C14H21ClN2O3S/c15-11-6-7-13(16)14(10-11)21(18,19)17-8-9-20-12-4-2-1-3-5-12/h6-7,10,12,17H,1-5,8-9,16H2. The van der Waals surface area contributed by atoms with Gasteiger partial charge in [0.05, 0.1) is 18.4 Å². The van der Waals surface area contributed by atoms with Crippen molar-refractivity contribution in [3.8, 4) is 0 Å². The highest BCUT2D eigenvalue weighted by Crippen LogP contribution is 2.22. The van der Waals surface area contributed by atoms with Crippen LogP contribution in [0.2, 0.25) is 5.02 Å². The summed E-state index contributed by atoms with van der Waals surface area (Å²) < 4.78 is 32.5. The zero-order valence-corrected chi connectivity index (χ0v) is 13.4. The number of nitrogens with two attached hydrogens (primary N) is 1. The summed E-state index contributed by atoms with van der Waals surface area (Å²) in [7, 11) is -3.66. The van der Waals surface area contributed by atoms with E-state index in [0.717, 1.165) is 12.8 Å². The lowest BCUT2D eigenvalue weighted by atomic mass is 9.98. The second kappa shape index (κ2) is 7.45. The number of hydrogen-bond donors (Lipinski definition) is 2. The molecule has 0 amide bonds. The minimum atomic E-state index is -3.66. The molecule has 5 nitrogen and oxygen atoms in total. The summed E-state index contributed by atoms with van der Waals surface area (Å²) in [5, 5.41) is 0.336. The van der Waals surface area contributed by atoms with Gasteiger partial charge in [0.2, 0.25) is 10.0 Å². The number of halogens is 1. The van der Waals surface area contributed by atoms with E-state index in [4.69, 9.17) is 22.1 Å². The number of nitrogen functional groups attached to an aromatic ring is 1. The van der Waals surface area contributed by atoms with E-state index in [9.17, 15) is 8.42 Å². The first kappa shape index (κ1) is 16.5. The van der Waals surface area contributed by atoms with Crippen LogP contribution < -0.4 is 10.5 Å². The molecule has 1 aliphatic carbocycles. The zero-order chi connectivity index (χ0) is 15.3. The minimum absolute atomic E-state index is 0.00710. The number of anilines is 1. The van der Waals surface area contributed by atoms with Gasteiger partial charge in [-0.05, 0) is 31.0 Å². The van der Waals surface area contributed by atoms with Gasteiger partial charge in [-0.1, -0.05) is 30.9 Å². The Morgan fingerprint density at radius 3 is 2.71 bits per heavy atom. The molecule has 0 atom stereocenters. The van der Waals surface area contributed by atoms with Crippen LogP contribution in [0.4, 0.5) is 5.69 Å². The Balaban J connectivity index is 1.85. The van der Waals surface area contributed by atoms with E-state index < -0.39 is 10.0 Å². The van der Waals surface area contributed by atoms with Gasteiger partial charge in [0, 0.05) is 11.6 Å². The van der Waals surface area contributed by atoms with Gasteiger partial charge in [-0.15, -0.1) is 0 Å². The number of nitrogens with one attached hydrogen (secondary N) is 1. The lowest BCUT2D eigenvalue weighted by Gasteiger charge is -2.22. The van der Waals surface area contributed by atoms with Gasteiger partial charge >= 0.3 is 0 Å². The van der Waals surface area contributed by atoms with Crippen molar-refractivity contribution in [1.82, 2.24) is 4.72 Å². The Kier molecular flexibility index (Phi) is 5.87. The van der Waals surface area contributed by atoms with Gasteiger partial charge in [-0.2, -0.15) is 0 Å². The van der Waals surface area contributed by atoms with Crippen molar-refractivity contribution < 1.29 is 13.2 Å². The lowest BCUT2D eigenvalue weighted by molar-refractivity contribution is 0.0321. The van der Waals surface area contributed by atoms with Crippen molar-refractivity contribution in [3.63, 3.8) is 0 Å². The largest absolute Gasteiger partial charge is 0.398 e. The zero-order valence-electron chi connectivity index (χ0n) is 11.8. The van der Waals surface area contributed by atoms with Gasteiger partial charge in [0.25, 0.3) is 0 Å². The molecule has 7 heteroatoms. The fraction of sp³-hybridized carbons (Fsp3) is 0.571. The third-order valence-corrected chi connectivity index (χ3v) is 5.32. The van der Waals surface area contributed by atoms with Crippen LogP contribution in [0.25, 0.3) is 0 Å². The van der Waals surface area contributed by atoms with Crippen molar-refractivity contribution >= 4 is 27.3 Å². The van der Waals surface area contributed by atoms with E-state index in [1.54, 1.807) is 6.07 Å². The molecule has 1 fully saturated rings. The Morgan fingerprint density at radius 2 is 2.00 bits per heavy atom. The quantitative estimate of drug-likeness (QED) is 0.619. The first-order valence-electron chi connectivity index (χ1n) is 7.15. The molecule has 0 spiro atoms. The first-order valence-corrected chi connectivity index (χ1v) is 9.01. The van der Waals surface area contributed by atoms with Crippen LogP contribution in [0.5, 0.6) is 0 Å². The SMILES string of the molecule is Nc1ccc(Cl)cc1S(=O)(=O)NCCOC1CCCCC1. The highest BCUT2D eigenvalue weighted by atomic mass is 35.5. The third kappa shape index (κ3) is 4.85. The lowest BCUT2D eigenvalue weighted by Crippen LogP contribution is -2.30. The summed E-state index contributed by atoms with van der Waals surface area (Å²) in [6, 6.07) is 4.39. The number of benzene rings is 1. The smallest absolute Gasteiger partial charge is 0.242 e. The summed E-state index contributed by atoms with van der Waals surface area (Å²) in [5.41, 5.74) is 5.87. The van der Waals surface area contributed by atoms with E-state index in [0.29, 0.717) is 11.6 Å². The second-order valence-electron chi connectivity index (χ2n) is 5.21. The third-order valence-electron chi connectivity index (χ3n) is 3.57. The predicted octanol–water partition coefficient (Wildman–Crippen LogP) is 2.55. The molecule has 0 heterocycles.